The SMILES string of the molecule is CN1Cc2cc(CNC(=O)[C@H]3CC(c4ccc(OC(F)F)c(OCC5CC5)c4)CN3)ccc2C1=O. The predicted molar refractivity (Wildman–Crippen MR) is 125 cm³/mol. The zero-order valence-corrected chi connectivity index (χ0v) is 19.6. The van der Waals surface area contributed by atoms with Gasteiger partial charge in [0.1, 0.15) is 0 Å². The fourth-order valence-electron chi connectivity index (χ4n) is 4.71. The van der Waals surface area contributed by atoms with Crippen molar-refractivity contribution >= 4 is 11.8 Å². The van der Waals surface area contributed by atoms with Gasteiger partial charge in [-0.15, -0.1) is 0 Å². The molecule has 1 aliphatic carbocycles. The molecule has 5 rings (SSSR count). The normalized spacial score (nSPS) is 21.4. The Kier molecular flexibility index (Phi) is 6.60. The average molecular weight is 486 g/mol. The molecule has 7 nitrogen and oxygen atoms in total. The summed E-state index contributed by atoms with van der Waals surface area (Å²) < 4.78 is 36.0. The van der Waals surface area contributed by atoms with Gasteiger partial charge in [0.2, 0.25) is 5.91 Å². The van der Waals surface area contributed by atoms with Crippen molar-refractivity contribution in [3.63, 3.8) is 0 Å². The van der Waals surface area contributed by atoms with Gasteiger partial charge in [0.15, 0.2) is 11.5 Å². The van der Waals surface area contributed by atoms with Crippen molar-refractivity contribution in [1.82, 2.24) is 15.5 Å². The minimum absolute atomic E-state index is 0.0201. The van der Waals surface area contributed by atoms with Crippen LogP contribution in [-0.2, 0) is 17.9 Å². The maximum absolute atomic E-state index is 12.8. The van der Waals surface area contributed by atoms with Gasteiger partial charge < -0.3 is 25.0 Å². The number of rotatable bonds is 9. The molecule has 2 aromatic rings. The van der Waals surface area contributed by atoms with Crippen molar-refractivity contribution in [1.29, 1.82) is 0 Å². The fourth-order valence-corrected chi connectivity index (χ4v) is 4.71. The van der Waals surface area contributed by atoms with Crippen LogP contribution in [0.25, 0.3) is 0 Å². The average Bonchev–Trinajstić information content (AvgIpc) is 3.45. The van der Waals surface area contributed by atoms with Crippen LogP contribution in [0, 0.1) is 5.92 Å². The molecule has 2 amide bonds. The van der Waals surface area contributed by atoms with Crippen molar-refractivity contribution in [2.45, 2.75) is 50.9 Å². The molecule has 0 bridgehead atoms. The van der Waals surface area contributed by atoms with E-state index in [2.05, 4.69) is 15.4 Å². The summed E-state index contributed by atoms with van der Waals surface area (Å²) in [5, 5.41) is 6.25. The predicted octanol–water partition coefficient (Wildman–Crippen LogP) is 3.42. The Labute approximate surface area is 202 Å². The molecule has 35 heavy (non-hydrogen) atoms. The highest BCUT2D eigenvalue weighted by Gasteiger charge is 2.31. The van der Waals surface area contributed by atoms with Crippen molar-refractivity contribution < 1.29 is 27.8 Å². The molecule has 1 saturated carbocycles. The molecule has 2 N–H and O–H groups in total. The van der Waals surface area contributed by atoms with E-state index in [9.17, 15) is 18.4 Å². The summed E-state index contributed by atoms with van der Waals surface area (Å²) in [5.74, 6) is 0.813. The molecule has 2 fully saturated rings. The van der Waals surface area contributed by atoms with Crippen LogP contribution in [-0.4, -0.2) is 49.6 Å². The Bertz CT molecular complexity index is 1120. The molecule has 0 spiro atoms. The van der Waals surface area contributed by atoms with E-state index in [0.717, 1.165) is 29.5 Å². The Balaban J connectivity index is 1.18. The van der Waals surface area contributed by atoms with Crippen LogP contribution in [0.5, 0.6) is 11.5 Å². The van der Waals surface area contributed by atoms with Crippen molar-refractivity contribution in [3.05, 3.63) is 58.7 Å². The van der Waals surface area contributed by atoms with Crippen molar-refractivity contribution in [3.8, 4) is 11.5 Å². The first kappa shape index (κ1) is 23.5. The smallest absolute Gasteiger partial charge is 0.387 e. The van der Waals surface area contributed by atoms with Gasteiger partial charge in [0.05, 0.1) is 12.6 Å². The second-order valence-corrected chi connectivity index (χ2v) is 9.60. The topological polar surface area (TPSA) is 79.9 Å². The van der Waals surface area contributed by atoms with Gasteiger partial charge in [-0.3, -0.25) is 9.59 Å². The van der Waals surface area contributed by atoms with Crippen molar-refractivity contribution in [2.24, 2.45) is 5.92 Å². The lowest BCUT2D eigenvalue weighted by molar-refractivity contribution is -0.122. The third kappa shape index (κ3) is 5.40. The summed E-state index contributed by atoms with van der Waals surface area (Å²) in [5.41, 5.74) is 3.56. The second-order valence-electron chi connectivity index (χ2n) is 9.60. The third-order valence-electron chi connectivity index (χ3n) is 6.90. The Morgan fingerprint density at radius 2 is 2.03 bits per heavy atom. The van der Waals surface area contributed by atoms with E-state index in [-0.39, 0.29) is 29.5 Å². The number of nitrogens with zero attached hydrogens (tertiary/aromatic N) is 1. The zero-order valence-electron chi connectivity index (χ0n) is 19.6. The van der Waals surface area contributed by atoms with Gasteiger partial charge in [-0.25, -0.2) is 0 Å². The maximum atomic E-state index is 12.8. The molecule has 0 aromatic heterocycles. The zero-order chi connectivity index (χ0) is 24.5. The van der Waals surface area contributed by atoms with Gasteiger partial charge in [-0.05, 0) is 66.0 Å². The minimum Gasteiger partial charge on any atom is -0.489 e. The number of nitrogens with one attached hydrogen (secondary N) is 2. The first-order chi connectivity index (χ1) is 16.9. The van der Waals surface area contributed by atoms with Gasteiger partial charge in [-0.2, -0.15) is 8.78 Å². The number of halogens is 2. The van der Waals surface area contributed by atoms with Gasteiger partial charge in [0.25, 0.3) is 5.91 Å². The quantitative estimate of drug-likeness (QED) is 0.569. The third-order valence-corrected chi connectivity index (χ3v) is 6.90. The monoisotopic (exact) mass is 485 g/mol. The van der Waals surface area contributed by atoms with Gasteiger partial charge in [-0.1, -0.05) is 18.2 Å². The first-order valence-electron chi connectivity index (χ1n) is 12.0. The molecule has 2 aromatic carbocycles. The first-order valence-corrected chi connectivity index (χ1v) is 12.0. The van der Waals surface area contributed by atoms with Crippen LogP contribution in [0.3, 0.4) is 0 Å². The van der Waals surface area contributed by atoms with Crippen LogP contribution in [0.15, 0.2) is 36.4 Å². The molecule has 1 unspecified atom stereocenters. The minimum atomic E-state index is -2.92. The van der Waals surface area contributed by atoms with Crippen LogP contribution in [0.1, 0.15) is 52.2 Å². The summed E-state index contributed by atoms with van der Waals surface area (Å²) >= 11 is 0. The van der Waals surface area contributed by atoms with E-state index in [0.29, 0.717) is 49.9 Å². The number of carbonyl (C=O) groups is 2. The highest BCUT2D eigenvalue weighted by atomic mass is 19.3. The largest absolute Gasteiger partial charge is 0.489 e. The lowest BCUT2D eigenvalue weighted by Gasteiger charge is -2.16. The van der Waals surface area contributed by atoms with Crippen LogP contribution in [0.2, 0.25) is 0 Å². The maximum Gasteiger partial charge on any atom is 0.387 e. The Morgan fingerprint density at radius 1 is 1.20 bits per heavy atom. The lowest BCUT2D eigenvalue weighted by Crippen LogP contribution is -2.40. The summed E-state index contributed by atoms with van der Waals surface area (Å²) in [6.07, 6.45) is 2.77. The summed E-state index contributed by atoms with van der Waals surface area (Å²) in [6.45, 7) is -0.870. The van der Waals surface area contributed by atoms with E-state index < -0.39 is 6.61 Å². The van der Waals surface area contributed by atoms with Crippen molar-refractivity contribution in [2.75, 3.05) is 20.2 Å². The molecule has 0 radical (unpaired) electrons. The number of fused-ring (bicyclic) bond motifs is 1. The molecule has 1 saturated heterocycles. The molecule has 9 heteroatoms. The van der Waals surface area contributed by atoms with Crippen LogP contribution >= 0.6 is 0 Å². The summed E-state index contributed by atoms with van der Waals surface area (Å²) in [7, 11) is 1.77. The number of ether oxygens (including phenoxy) is 2. The van der Waals surface area contributed by atoms with E-state index in [1.54, 1.807) is 24.1 Å². The van der Waals surface area contributed by atoms with E-state index >= 15 is 0 Å². The standard InChI is InChI=1S/C26H29F2N3O4/c1-31-13-19-8-16(4-6-20(19)25(31)33)11-30-24(32)21-9-18(12-29-21)17-5-7-22(35-26(27)28)23(10-17)34-14-15-2-3-15/h4-8,10,15,18,21,26,29H,2-3,9,11-14H2,1H3,(H,30,32)/t18?,21-/m1/s1. The highest BCUT2D eigenvalue weighted by Crippen LogP contribution is 2.37. The highest BCUT2D eigenvalue weighted by molar-refractivity contribution is 5.98. The number of hydrogen-bond acceptors (Lipinski definition) is 5. The number of carbonyl (C=O) groups excluding carboxylic acids is 2. The summed E-state index contributed by atoms with van der Waals surface area (Å²) in [6, 6.07) is 10.3. The Morgan fingerprint density at radius 3 is 2.80 bits per heavy atom. The molecule has 2 atom stereocenters. The molecular formula is C26H29F2N3O4. The van der Waals surface area contributed by atoms with Crippen LogP contribution < -0.4 is 20.1 Å². The summed E-state index contributed by atoms with van der Waals surface area (Å²) in [4.78, 5) is 26.5. The number of amides is 2. The molecule has 186 valence electrons. The number of hydrogen-bond donors (Lipinski definition) is 2. The van der Waals surface area contributed by atoms with Gasteiger partial charge >= 0.3 is 6.61 Å². The number of benzene rings is 2. The molecule has 2 aliphatic heterocycles. The second kappa shape index (κ2) is 9.81. The lowest BCUT2D eigenvalue weighted by atomic mass is 9.95. The van der Waals surface area contributed by atoms with E-state index in [1.807, 2.05) is 18.2 Å². The molecular weight excluding hydrogens is 456 g/mol. The number of alkyl halides is 2. The Hall–Kier alpha value is -3.20. The van der Waals surface area contributed by atoms with Crippen LogP contribution in [0.4, 0.5) is 8.78 Å². The molecule has 2 heterocycles. The fraction of sp³-hybridized carbons (Fsp3) is 0.462. The van der Waals surface area contributed by atoms with Gasteiger partial charge in [0, 0.05) is 32.2 Å². The van der Waals surface area contributed by atoms with E-state index in [4.69, 9.17) is 4.74 Å². The molecule has 3 aliphatic rings. The van der Waals surface area contributed by atoms with E-state index in [1.165, 1.54) is 6.07 Å².